The quantitative estimate of drug-likeness (QED) is 0.410. The molecule has 0 fully saturated rings. The molecule has 0 radical (unpaired) electrons. The molecular weight excluding hydrogens is 454 g/mol. The number of thioether (sulfide) groups is 1. The Morgan fingerprint density at radius 1 is 0.941 bits per heavy atom. The third-order valence-corrected chi connectivity index (χ3v) is 6.29. The number of rotatable bonds is 6. The van der Waals surface area contributed by atoms with Crippen LogP contribution in [0, 0.1) is 0 Å². The lowest BCUT2D eigenvalue weighted by molar-refractivity contribution is -0.119. The van der Waals surface area contributed by atoms with Crippen molar-refractivity contribution in [2.24, 2.45) is 5.73 Å². The van der Waals surface area contributed by atoms with E-state index >= 15 is 0 Å². The Hall–Kier alpha value is -4.31. The number of nitrogens with one attached hydrogen (secondary N) is 1. The summed E-state index contributed by atoms with van der Waals surface area (Å²) < 4.78 is 12.8. The van der Waals surface area contributed by atoms with Crippen molar-refractivity contribution in [1.29, 1.82) is 0 Å². The molecule has 3 amide bonds. The summed E-state index contributed by atoms with van der Waals surface area (Å²) in [4.78, 5) is 24.3. The number of carbonyl (C=O) groups excluding carboxylic acids is 2. The number of nitrogens with two attached hydrogens (primary N) is 1. The zero-order valence-corrected chi connectivity index (χ0v) is 18.6. The van der Waals surface area contributed by atoms with E-state index in [4.69, 9.17) is 15.2 Å². The van der Waals surface area contributed by atoms with Gasteiger partial charge >= 0.3 is 6.03 Å². The first kappa shape index (κ1) is 21.5. The molecule has 0 aliphatic carbocycles. The van der Waals surface area contributed by atoms with Gasteiger partial charge in [-0.3, -0.25) is 14.7 Å². The van der Waals surface area contributed by atoms with Gasteiger partial charge in [0.1, 0.15) is 5.25 Å². The fourth-order valence-corrected chi connectivity index (χ4v) is 4.63. The summed E-state index contributed by atoms with van der Waals surface area (Å²) in [6.07, 6.45) is 0. The van der Waals surface area contributed by atoms with Gasteiger partial charge in [-0.1, -0.05) is 60.3 Å². The minimum atomic E-state index is -0.919. The molecule has 9 nitrogen and oxygen atoms in total. The maximum absolute atomic E-state index is 12.9. The summed E-state index contributed by atoms with van der Waals surface area (Å²) >= 11 is 1.17. The molecule has 0 spiro atoms. The summed E-state index contributed by atoms with van der Waals surface area (Å²) in [7, 11) is 0. The smallest absolute Gasteiger partial charge is 0.318 e. The number of carbonyl (C=O) groups is 2. The lowest BCUT2D eigenvalue weighted by Crippen LogP contribution is -2.37. The Morgan fingerprint density at radius 3 is 2.38 bits per heavy atom. The first-order valence-corrected chi connectivity index (χ1v) is 11.2. The van der Waals surface area contributed by atoms with Crippen LogP contribution in [0.1, 0.15) is 10.8 Å². The molecule has 0 unspecified atom stereocenters. The summed E-state index contributed by atoms with van der Waals surface area (Å²) in [5, 5.41) is 10.7. The number of para-hydroxylation sites is 1. The minimum Gasteiger partial charge on any atom is -0.454 e. The van der Waals surface area contributed by atoms with Gasteiger partial charge in [-0.2, -0.15) is 0 Å². The number of imide groups is 1. The van der Waals surface area contributed by atoms with Crippen LogP contribution >= 0.6 is 11.8 Å². The van der Waals surface area contributed by atoms with Crippen molar-refractivity contribution in [2.45, 2.75) is 10.4 Å². The SMILES string of the molecule is NC(=O)NC(=O)[C@@H](Sc1nnc(-c2ccc3c(c2)OCO3)n1-c1ccccc1)c1ccccc1. The lowest BCUT2D eigenvalue weighted by Gasteiger charge is -2.17. The number of ether oxygens (including phenoxy) is 2. The molecule has 0 saturated carbocycles. The highest BCUT2D eigenvalue weighted by Gasteiger charge is 2.28. The zero-order chi connectivity index (χ0) is 23.5. The highest BCUT2D eigenvalue weighted by atomic mass is 32.2. The van der Waals surface area contributed by atoms with Crippen LogP contribution in [0.3, 0.4) is 0 Å². The molecule has 4 aromatic rings. The van der Waals surface area contributed by atoms with Crippen molar-refractivity contribution < 1.29 is 19.1 Å². The first-order chi connectivity index (χ1) is 16.6. The van der Waals surface area contributed by atoms with Gasteiger partial charge in [0.15, 0.2) is 22.5 Å². The van der Waals surface area contributed by atoms with Crippen molar-refractivity contribution in [3.8, 4) is 28.6 Å². The second-order valence-corrected chi connectivity index (χ2v) is 8.38. The number of nitrogens with zero attached hydrogens (tertiary/aromatic N) is 3. The number of aromatic nitrogens is 3. The normalized spacial score (nSPS) is 12.8. The fraction of sp³-hybridized carbons (Fsp3) is 0.0833. The van der Waals surface area contributed by atoms with Gasteiger partial charge in [0.25, 0.3) is 0 Å². The van der Waals surface area contributed by atoms with Gasteiger partial charge < -0.3 is 15.2 Å². The maximum atomic E-state index is 12.9. The van der Waals surface area contributed by atoms with Gasteiger partial charge in [-0.05, 0) is 35.9 Å². The Labute approximate surface area is 198 Å². The third kappa shape index (κ3) is 4.30. The van der Waals surface area contributed by atoms with Gasteiger partial charge in [0.2, 0.25) is 12.7 Å². The number of primary amides is 1. The summed E-state index contributed by atoms with van der Waals surface area (Å²) in [5.41, 5.74) is 7.48. The van der Waals surface area contributed by atoms with Gasteiger partial charge in [-0.25, -0.2) is 4.79 Å². The molecule has 170 valence electrons. The average Bonchev–Trinajstić information content (AvgIpc) is 3.49. The Kier molecular flexibility index (Phi) is 5.88. The van der Waals surface area contributed by atoms with Crippen molar-refractivity contribution in [3.63, 3.8) is 0 Å². The Balaban J connectivity index is 1.59. The molecule has 3 aromatic carbocycles. The van der Waals surface area contributed by atoms with E-state index < -0.39 is 17.2 Å². The lowest BCUT2D eigenvalue weighted by atomic mass is 10.1. The number of fused-ring (bicyclic) bond motifs is 1. The highest BCUT2D eigenvalue weighted by Crippen LogP contribution is 2.40. The van der Waals surface area contributed by atoms with Crippen LogP contribution in [0.4, 0.5) is 4.79 Å². The standard InChI is InChI=1S/C24H19N5O4S/c25-23(31)26-22(30)20(15-7-3-1-4-8-15)34-24-28-27-21(29(24)17-9-5-2-6-10-17)16-11-12-18-19(13-16)33-14-32-18/h1-13,20H,14H2,(H3,25,26,30,31)/t20-/m0/s1. The number of hydrogen-bond acceptors (Lipinski definition) is 7. The van der Waals surface area contributed by atoms with Crippen LogP contribution in [-0.4, -0.2) is 33.5 Å². The molecule has 0 saturated heterocycles. The number of amides is 3. The molecule has 34 heavy (non-hydrogen) atoms. The summed E-state index contributed by atoms with van der Waals surface area (Å²) in [6.45, 7) is 0.166. The molecule has 1 atom stereocenters. The van der Waals surface area contributed by atoms with Gasteiger partial charge in [0.05, 0.1) is 0 Å². The number of hydrogen-bond donors (Lipinski definition) is 2. The molecule has 3 N–H and O–H groups in total. The third-order valence-electron chi connectivity index (χ3n) is 5.09. The second kappa shape index (κ2) is 9.28. The molecule has 0 bridgehead atoms. The largest absolute Gasteiger partial charge is 0.454 e. The Bertz CT molecular complexity index is 1340. The van der Waals surface area contributed by atoms with Crippen LogP contribution in [0.5, 0.6) is 11.5 Å². The van der Waals surface area contributed by atoms with E-state index in [-0.39, 0.29) is 6.79 Å². The molecular formula is C24H19N5O4S. The molecule has 1 aliphatic heterocycles. The molecule has 1 aromatic heterocycles. The van der Waals surface area contributed by atoms with E-state index in [0.29, 0.717) is 28.0 Å². The summed E-state index contributed by atoms with van der Waals surface area (Å²) in [6, 6.07) is 23.3. The topological polar surface area (TPSA) is 121 Å². The molecule has 2 heterocycles. The van der Waals surface area contributed by atoms with Crippen LogP contribution in [0.2, 0.25) is 0 Å². The van der Waals surface area contributed by atoms with E-state index in [2.05, 4.69) is 15.5 Å². The van der Waals surface area contributed by atoms with E-state index in [0.717, 1.165) is 11.3 Å². The van der Waals surface area contributed by atoms with E-state index in [9.17, 15) is 9.59 Å². The van der Waals surface area contributed by atoms with Gasteiger partial charge in [-0.15, -0.1) is 10.2 Å². The average molecular weight is 474 g/mol. The zero-order valence-electron chi connectivity index (χ0n) is 17.8. The van der Waals surface area contributed by atoms with Gasteiger partial charge in [0, 0.05) is 11.3 Å². The van der Waals surface area contributed by atoms with E-state index in [1.54, 1.807) is 12.1 Å². The number of urea groups is 1. The monoisotopic (exact) mass is 473 g/mol. The number of benzene rings is 3. The fourth-order valence-electron chi connectivity index (χ4n) is 3.57. The highest BCUT2D eigenvalue weighted by molar-refractivity contribution is 8.00. The summed E-state index contributed by atoms with van der Waals surface area (Å²) in [5.74, 6) is 1.30. The van der Waals surface area contributed by atoms with Crippen molar-refractivity contribution >= 4 is 23.7 Å². The van der Waals surface area contributed by atoms with Crippen LogP contribution in [-0.2, 0) is 4.79 Å². The minimum absolute atomic E-state index is 0.166. The maximum Gasteiger partial charge on any atom is 0.318 e. The predicted molar refractivity (Wildman–Crippen MR) is 126 cm³/mol. The van der Waals surface area contributed by atoms with Crippen molar-refractivity contribution in [1.82, 2.24) is 20.1 Å². The predicted octanol–water partition coefficient (Wildman–Crippen LogP) is 3.69. The second-order valence-electron chi connectivity index (χ2n) is 7.31. The van der Waals surface area contributed by atoms with Crippen LogP contribution in [0.25, 0.3) is 17.1 Å². The van der Waals surface area contributed by atoms with E-state index in [1.807, 2.05) is 71.3 Å². The van der Waals surface area contributed by atoms with Crippen molar-refractivity contribution in [3.05, 3.63) is 84.4 Å². The first-order valence-electron chi connectivity index (χ1n) is 10.3. The van der Waals surface area contributed by atoms with Crippen molar-refractivity contribution in [2.75, 3.05) is 6.79 Å². The van der Waals surface area contributed by atoms with Crippen LogP contribution in [0.15, 0.2) is 84.0 Å². The van der Waals surface area contributed by atoms with Crippen LogP contribution < -0.4 is 20.5 Å². The molecule has 10 heteroatoms. The Morgan fingerprint density at radius 2 is 1.65 bits per heavy atom. The molecule has 5 rings (SSSR count). The van der Waals surface area contributed by atoms with E-state index in [1.165, 1.54) is 11.8 Å². The molecule has 1 aliphatic rings.